The number of nitrogens with zero attached hydrogens (tertiary/aromatic N) is 2. The highest BCUT2D eigenvalue weighted by Gasteiger charge is 2.33. The number of rotatable bonds is 7. The maximum Gasteiger partial charge on any atom is 0.326 e. The van der Waals surface area contributed by atoms with Gasteiger partial charge in [0, 0.05) is 12.1 Å². The van der Waals surface area contributed by atoms with Gasteiger partial charge in [0.1, 0.15) is 27.6 Å². The summed E-state index contributed by atoms with van der Waals surface area (Å²) in [4.78, 5) is 28.6. The van der Waals surface area contributed by atoms with Crippen molar-refractivity contribution < 1.29 is 28.9 Å². The third-order valence-corrected chi connectivity index (χ3v) is 5.78. The molecule has 0 spiro atoms. The number of aromatic hydroxyl groups is 1. The first-order valence-electron chi connectivity index (χ1n) is 9.91. The first kappa shape index (κ1) is 23.9. The zero-order valence-corrected chi connectivity index (χ0v) is 18.9. The summed E-state index contributed by atoms with van der Waals surface area (Å²) < 4.78 is 20.0. The van der Waals surface area contributed by atoms with Gasteiger partial charge in [-0.3, -0.25) is 4.79 Å². The Morgan fingerprint density at radius 3 is 2.72 bits per heavy atom. The summed E-state index contributed by atoms with van der Waals surface area (Å²) >= 11 is 12.3. The smallest absolute Gasteiger partial charge is 0.326 e. The Morgan fingerprint density at radius 1 is 1.34 bits per heavy atom. The van der Waals surface area contributed by atoms with E-state index in [-0.39, 0.29) is 40.6 Å². The molecule has 0 radical (unpaired) electrons. The van der Waals surface area contributed by atoms with E-state index >= 15 is 0 Å². The van der Waals surface area contributed by atoms with Crippen LogP contribution in [0.15, 0.2) is 18.2 Å². The monoisotopic (exact) mass is 485 g/mol. The highest BCUT2D eigenvalue weighted by atomic mass is 35.5. The lowest BCUT2D eigenvalue weighted by atomic mass is 10.0. The molecule has 8 nitrogen and oxygen atoms in total. The van der Waals surface area contributed by atoms with Crippen molar-refractivity contribution in [2.24, 2.45) is 0 Å². The number of likely N-dealkylation sites (tertiary alicyclic amines) is 1. The number of benzene rings is 1. The van der Waals surface area contributed by atoms with Crippen molar-refractivity contribution in [3.05, 3.63) is 39.8 Å². The minimum atomic E-state index is -1.07. The van der Waals surface area contributed by atoms with Crippen LogP contribution in [0.3, 0.4) is 0 Å². The fourth-order valence-corrected chi connectivity index (χ4v) is 3.93. The number of carboxylic acids is 1. The second-order valence-electron chi connectivity index (χ2n) is 7.62. The van der Waals surface area contributed by atoms with E-state index in [0.29, 0.717) is 24.9 Å². The Kier molecular flexibility index (Phi) is 7.30. The second-order valence-corrected chi connectivity index (χ2v) is 8.38. The standard InChI is InChI=1S/C21H22Cl2FN3O5/c1-10(2)12-8-11(5-6-14(12)28)32-18-16(22)19(24)26-20(17(18)23)25-9-15(29)27-7-3-4-13(27)21(30)31/h5-6,8,10,13,28H,3-4,7,9H2,1-2H3,(H,25,26)(H,30,31)/t13-/m0/s1. The van der Waals surface area contributed by atoms with Crippen molar-refractivity contribution >= 4 is 40.9 Å². The average Bonchev–Trinajstić information content (AvgIpc) is 3.24. The number of hydrogen-bond acceptors (Lipinski definition) is 6. The predicted molar refractivity (Wildman–Crippen MR) is 117 cm³/mol. The van der Waals surface area contributed by atoms with E-state index in [9.17, 15) is 24.2 Å². The third-order valence-electron chi connectivity index (χ3n) is 5.10. The number of hydrogen-bond donors (Lipinski definition) is 3. The summed E-state index contributed by atoms with van der Waals surface area (Å²) in [6.07, 6.45) is 0.957. The van der Waals surface area contributed by atoms with Crippen molar-refractivity contribution in [2.45, 2.75) is 38.6 Å². The van der Waals surface area contributed by atoms with Crippen LogP contribution >= 0.6 is 23.2 Å². The number of aromatic nitrogens is 1. The molecule has 0 saturated carbocycles. The number of carboxylic acid groups (broad SMARTS) is 1. The molecular formula is C21H22Cl2FN3O5. The van der Waals surface area contributed by atoms with Gasteiger partial charge in [0.2, 0.25) is 11.9 Å². The maximum absolute atomic E-state index is 14.4. The molecule has 1 aliphatic heterocycles. The van der Waals surface area contributed by atoms with Gasteiger partial charge in [0.05, 0.1) is 6.54 Å². The molecule has 1 fully saturated rings. The Morgan fingerprint density at radius 2 is 2.06 bits per heavy atom. The fourth-order valence-electron chi connectivity index (χ4n) is 3.46. The molecule has 1 aromatic carbocycles. The summed E-state index contributed by atoms with van der Waals surface area (Å²) in [6, 6.07) is 3.61. The minimum absolute atomic E-state index is 0.00197. The molecule has 11 heteroatoms. The lowest BCUT2D eigenvalue weighted by molar-refractivity contribution is -0.147. The molecule has 3 rings (SSSR count). The van der Waals surface area contributed by atoms with Gasteiger partial charge in [-0.25, -0.2) is 4.79 Å². The van der Waals surface area contributed by atoms with Crippen LogP contribution < -0.4 is 10.1 Å². The van der Waals surface area contributed by atoms with Gasteiger partial charge in [-0.05, 0) is 37.0 Å². The lowest BCUT2D eigenvalue weighted by Crippen LogP contribution is -2.43. The van der Waals surface area contributed by atoms with Crippen molar-refractivity contribution in [3.63, 3.8) is 0 Å². The van der Waals surface area contributed by atoms with E-state index in [2.05, 4.69) is 10.3 Å². The number of carbonyl (C=O) groups excluding carboxylic acids is 1. The van der Waals surface area contributed by atoms with Gasteiger partial charge in [-0.15, -0.1) is 0 Å². The highest BCUT2D eigenvalue weighted by Crippen LogP contribution is 2.42. The quantitative estimate of drug-likeness (QED) is 0.489. The molecule has 172 valence electrons. The zero-order valence-electron chi connectivity index (χ0n) is 17.4. The molecule has 1 atom stereocenters. The number of ether oxygens (including phenoxy) is 1. The first-order valence-corrected chi connectivity index (χ1v) is 10.7. The van der Waals surface area contributed by atoms with Crippen LogP contribution in [-0.2, 0) is 9.59 Å². The van der Waals surface area contributed by atoms with Crippen molar-refractivity contribution in [1.82, 2.24) is 9.88 Å². The summed E-state index contributed by atoms with van der Waals surface area (Å²) in [5, 5.41) is 21.2. The molecule has 0 bridgehead atoms. The van der Waals surface area contributed by atoms with Crippen LogP contribution in [0.2, 0.25) is 10.0 Å². The summed E-state index contributed by atoms with van der Waals surface area (Å²) in [6.45, 7) is 3.76. The molecule has 1 amide bonds. The molecular weight excluding hydrogens is 464 g/mol. The van der Waals surface area contributed by atoms with Crippen molar-refractivity contribution in [2.75, 3.05) is 18.4 Å². The van der Waals surface area contributed by atoms with Crippen LogP contribution in [-0.4, -0.2) is 51.1 Å². The molecule has 1 saturated heterocycles. The molecule has 2 heterocycles. The van der Waals surface area contributed by atoms with Crippen LogP contribution in [0.1, 0.15) is 38.2 Å². The second kappa shape index (κ2) is 9.79. The highest BCUT2D eigenvalue weighted by molar-refractivity contribution is 6.38. The van der Waals surface area contributed by atoms with Gasteiger partial charge in [-0.1, -0.05) is 37.0 Å². The number of amides is 1. The maximum atomic E-state index is 14.4. The van der Waals surface area contributed by atoms with E-state index in [4.69, 9.17) is 27.9 Å². The van der Waals surface area contributed by atoms with Crippen LogP contribution in [0.5, 0.6) is 17.2 Å². The zero-order chi connectivity index (χ0) is 23.6. The number of pyridine rings is 1. The fraction of sp³-hybridized carbons (Fsp3) is 0.381. The van der Waals surface area contributed by atoms with E-state index < -0.39 is 28.9 Å². The van der Waals surface area contributed by atoms with Gasteiger partial charge in [0.15, 0.2) is 11.6 Å². The first-order chi connectivity index (χ1) is 15.1. The minimum Gasteiger partial charge on any atom is -0.508 e. The summed E-state index contributed by atoms with van der Waals surface area (Å²) in [5.74, 6) is -2.64. The van der Waals surface area contributed by atoms with E-state index in [1.54, 1.807) is 6.07 Å². The Labute approximate surface area is 193 Å². The number of anilines is 1. The Balaban J connectivity index is 1.82. The Bertz CT molecular complexity index is 1050. The van der Waals surface area contributed by atoms with Crippen molar-refractivity contribution in [3.8, 4) is 17.2 Å². The number of nitrogens with one attached hydrogen (secondary N) is 1. The SMILES string of the molecule is CC(C)c1cc(Oc2c(Cl)c(F)nc(NCC(=O)N3CCC[C@H]3C(=O)O)c2Cl)ccc1O. The number of phenols is 1. The van der Waals surface area contributed by atoms with Crippen LogP contribution in [0, 0.1) is 5.95 Å². The van der Waals surface area contributed by atoms with Crippen LogP contribution in [0.25, 0.3) is 0 Å². The lowest BCUT2D eigenvalue weighted by Gasteiger charge is -2.22. The van der Waals surface area contributed by atoms with E-state index in [0.717, 1.165) is 0 Å². The predicted octanol–water partition coefficient (Wildman–Crippen LogP) is 4.64. The summed E-state index contributed by atoms with van der Waals surface area (Å²) in [7, 11) is 0. The molecule has 1 aromatic heterocycles. The van der Waals surface area contributed by atoms with Gasteiger partial charge in [-0.2, -0.15) is 9.37 Å². The van der Waals surface area contributed by atoms with Crippen molar-refractivity contribution in [1.29, 1.82) is 0 Å². The van der Waals surface area contributed by atoms with E-state index in [1.807, 2.05) is 13.8 Å². The average molecular weight is 486 g/mol. The molecule has 32 heavy (non-hydrogen) atoms. The number of phenolic OH excluding ortho intramolecular Hbond substituents is 1. The number of halogens is 3. The normalized spacial score (nSPS) is 15.8. The summed E-state index contributed by atoms with van der Waals surface area (Å²) in [5.41, 5.74) is 0.617. The van der Waals surface area contributed by atoms with E-state index in [1.165, 1.54) is 17.0 Å². The molecule has 2 aromatic rings. The Hall–Kier alpha value is -2.78. The molecule has 0 aliphatic carbocycles. The van der Waals surface area contributed by atoms with Crippen LogP contribution in [0.4, 0.5) is 10.2 Å². The van der Waals surface area contributed by atoms with Gasteiger partial charge >= 0.3 is 5.97 Å². The largest absolute Gasteiger partial charge is 0.508 e. The number of carbonyl (C=O) groups is 2. The van der Waals surface area contributed by atoms with Gasteiger partial charge < -0.3 is 25.2 Å². The molecule has 3 N–H and O–H groups in total. The molecule has 1 aliphatic rings. The van der Waals surface area contributed by atoms with Gasteiger partial charge in [0.25, 0.3) is 0 Å². The molecule has 0 unspecified atom stereocenters. The topological polar surface area (TPSA) is 112 Å². The number of aliphatic carboxylic acids is 1. The third kappa shape index (κ3) is 4.99.